The van der Waals surface area contributed by atoms with Crippen molar-refractivity contribution in [2.45, 2.75) is 19.3 Å². The smallest absolute Gasteiger partial charge is 0.307 e. The van der Waals surface area contributed by atoms with Gasteiger partial charge in [0.15, 0.2) is 0 Å². The van der Waals surface area contributed by atoms with Gasteiger partial charge in [-0.2, -0.15) is 0 Å². The third-order valence-electron chi connectivity index (χ3n) is 7.23. The van der Waals surface area contributed by atoms with E-state index in [1.807, 2.05) is 31.2 Å². The fourth-order valence-electron chi connectivity index (χ4n) is 5.35. The van der Waals surface area contributed by atoms with Gasteiger partial charge in [-0.1, -0.05) is 23.4 Å². The maximum absolute atomic E-state index is 14.9. The maximum Gasteiger partial charge on any atom is 0.307 e. The topological polar surface area (TPSA) is 86.0 Å². The lowest BCUT2D eigenvalue weighted by Crippen LogP contribution is -2.25. The highest BCUT2D eigenvalue weighted by atomic mass is 19.1. The van der Waals surface area contributed by atoms with Gasteiger partial charge in [0.2, 0.25) is 0 Å². The Bertz CT molecular complexity index is 1280. The highest BCUT2D eigenvalue weighted by Gasteiger charge is 2.59. The number of carbonyl (C=O) groups is 1. The number of aryl methyl sites for hydroxylation is 1. The van der Waals surface area contributed by atoms with Crippen molar-refractivity contribution >= 4 is 17.4 Å². The molecule has 180 valence electrons. The molecule has 3 aromatic rings. The summed E-state index contributed by atoms with van der Waals surface area (Å²) in [6.07, 6.45) is 1.81. The molecule has 0 bridgehead atoms. The predicted octanol–water partition coefficient (Wildman–Crippen LogP) is 4.84. The zero-order valence-corrected chi connectivity index (χ0v) is 19.1. The van der Waals surface area contributed by atoms with Crippen LogP contribution >= 0.6 is 0 Å². The van der Waals surface area contributed by atoms with Gasteiger partial charge in [-0.3, -0.25) is 9.78 Å². The van der Waals surface area contributed by atoms with Crippen LogP contribution in [0.25, 0.3) is 0 Å². The van der Waals surface area contributed by atoms with E-state index in [0.29, 0.717) is 29.9 Å². The number of hydrogen-bond donors (Lipinski definition) is 2. The SMILES string of the molecule is Cc1cc(C(C[C@H](c2ccc(N3C[C@@H]4C(C(=O)O)[C@@H]4C3)cc2)c2ccc(F)cc2F)=NO)ccn1. The molecule has 1 aliphatic heterocycles. The molecule has 35 heavy (non-hydrogen) atoms. The summed E-state index contributed by atoms with van der Waals surface area (Å²) in [4.78, 5) is 17.6. The molecule has 1 saturated carbocycles. The van der Waals surface area contributed by atoms with Crippen LogP contribution in [-0.4, -0.2) is 40.1 Å². The van der Waals surface area contributed by atoms with E-state index in [1.54, 1.807) is 18.3 Å². The summed E-state index contributed by atoms with van der Waals surface area (Å²) in [6.45, 7) is 3.24. The summed E-state index contributed by atoms with van der Waals surface area (Å²) in [5, 5.41) is 22.5. The van der Waals surface area contributed by atoms with Crippen molar-refractivity contribution in [1.82, 2.24) is 4.98 Å². The molecule has 1 aromatic heterocycles. The molecule has 8 heteroatoms. The molecule has 4 atom stereocenters. The largest absolute Gasteiger partial charge is 0.481 e. The molecule has 6 nitrogen and oxygen atoms in total. The second kappa shape index (κ2) is 9.09. The van der Waals surface area contributed by atoms with Crippen LogP contribution in [0, 0.1) is 36.3 Å². The van der Waals surface area contributed by atoms with Crippen LogP contribution in [0.2, 0.25) is 0 Å². The van der Waals surface area contributed by atoms with Crippen molar-refractivity contribution in [3.8, 4) is 0 Å². The van der Waals surface area contributed by atoms with Crippen LogP contribution in [0.4, 0.5) is 14.5 Å². The Labute approximate surface area is 201 Å². The summed E-state index contributed by atoms with van der Waals surface area (Å²) < 4.78 is 28.5. The molecule has 2 heterocycles. The van der Waals surface area contributed by atoms with Gasteiger partial charge in [-0.15, -0.1) is 0 Å². The van der Waals surface area contributed by atoms with E-state index in [2.05, 4.69) is 15.0 Å². The van der Waals surface area contributed by atoms with Crippen molar-refractivity contribution in [2.75, 3.05) is 18.0 Å². The van der Waals surface area contributed by atoms with Crippen molar-refractivity contribution in [3.63, 3.8) is 0 Å². The predicted molar refractivity (Wildman–Crippen MR) is 127 cm³/mol. The minimum absolute atomic E-state index is 0.190. The molecule has 1 unspecified atom stereocenters. The van der Waals surface area contributed by atoms with Crippen molar-refractivity contribution in [1.29, 1.82) is 0 Å². The average molecular weight is 478 g/mol. The third kappa shape index (κ3) is 4.48. The number of hydrogen-bond acceptors (Lipinski definition) is 5. The summed E-state index contributed by atoms with van der Waals surface area (Å²) in [5.74, 6) is -2.41. The Morgan fingerprint density at radius 1 is 1.11 bits per heavy atom. The molecule has 2 fully saturated rings. The van der Waals surface area contributed by atoms with Gasteiger partial charge in [-0.05, 0) is 60.2 Å². The molecule has 2 aliphatic rings. The number of benzene rings is 2. The molecular formula is C27H25F2N3O3. The number of aromatic nitrogens is 1. The number of fused-ring (bicyclic) bond motifs is 1. The van der Waals surface area contributed by atoms with Gasteiger partial charge < -0.3 is 15.2 Å². The lowest BCUT2D eigenvalue weighted by atomic mass is 9.85. The molecule has 0 radical (unpaired) electrons. The van der Waals surface area contributed by atoms with Crippen LogP contribution in [0.3, 0.4) is 0 Å². The highest BCUT2D eigenvalue weighted by molar-refractivity contribution is 6.01. The first-order valence-electron chi connectivity index (χ1n) is 11.5. The lowest BCUT2D eigenvalue weighted by molar-refractivity contribution is -0.139. The monoisotopic (exact) mass is 477 g/mol. The summed E-state index contributed by atoms with van der Waals surface area (Å²) >= 11 is 0. The third-order valence-corrected chi connectivity index (χ3v) is 7.23. The summed E-state index contributed by atoms with van der Waals surface area (Å²) in [6, 6.07) is 14.7. The van der Waals surface area contributed by atoms with Gasteiger partial charge in [0, 0.05) is 54.6 Å². The summed E-state index contributed by atoms with van der Waals surface area (Å²) in [5.41, 5.74) is 3.87. The number of aliphatic carboxylic acids is 1. The second-order valence-electron chi connectivity index (χ2n) is 9.34. The van der Waals surface area contributed by atoms with Gasteiger partial charge in [-0.25, -0.2) is 8.78 Å². The number of halogens is 2. The first-order chi connectivity index (χ1) is 16.9. The van der Waals surface area contributed by atoms with E-state index in [4.69, 9.17) is 0 Å². The average Bonchev–Trinajstić information content (AvgIpc) is 3.35. The molecular weight excluding hydrogens is 452 g/mol. The lowest BCUT2D eigenvalue weighted by Gasteiger charge is -2.24. The van der Waals surface area contributed by atoms with E-state index in [0.717, 1.165) is 23.0 Å². The quantitative estimate of drug-likeness (QED) is 0.289. The Hall–Kier alpha value is -3.81. The van der Waals surface area contributed by atoms with Gasteiger partial charge >= 0.3 is 5.97 Å². The van der Waals surface area contributed by atoms with Gasteiger partial charge in [0.1, 0.15) is 11.6 Å². The number of pyridine rings is 1. The van der Waals surface area contributed by atoms with Crippen molar-refractivity contribution < 1.29 is 23.9 Å². The number of piperidine rings is 1. The van der Waals surface area contributed by atoms with E-state index in [1.165, 1.54) is 12.1 Å². The number of carboxylic acid groups (broad SMARTS) is 1. The van der Waals surface area contributed by atoms with E-state index < -0.39 is 23.5 Å². The molecule has 2 aromatic carbocycles. The Balaban J connectivity index is 1.43. The first kappa shape index (κ1) is 23.0. The number of rotatable bonds is 7. The normalized spacial score (nSPS) is 22.1. The number of nitrogens with zero attached hydrogens (tertiary/aromatic N) is 3. The van der Waals surface area contributed by atoms with Crippen LogP contribution in [0.15, 0.2) is 65.9 Å². The highest BCUT2D eigenvalue weighted by Crippen LogP contribution is 2.52. The zero-order chi connectivity index (χ0) is 24.7. The van der Waals surface area contributed by atoms with Crippen molar-refractivity contribution in [3.05, 3.63) is 94.8 Å². The van der Waals surface area contributed by atoms with Crippen LogP contribution < -0.4 is 4.90 Å². The molecule has 0 spiro atoms. The number of oxime groups is 1. The molecule has 1 saturated heterocycles. The number of anilines is 1. The second-order valence-corrected chi connectivity index (χ2v) is 9.34. The van der Waals surface area contributed by atoms with E-state index in [-0.39, 0.29) is 24.2 Å². The van der Waals surface area contributed by atoms with Gasteiger partial charge in [0.25, 0.3) is 0 Å². The minimum atomic E-state index is -0.718. The van der Waals surface area contributed by atoms with Crippen molar-refractivity contribution in [2.24, 2.45) is 22.9 Å². The first-order valence-corrected chi connectivity index (χ1v) is 11.5. The number of carboxylic acids is 1. The standard InChI is InChI=1S/C27H25F2N3O3/c1-15-10-17(8-9-30-15)25(31-35)12-21(20-7-4-18(28)11-24(20)29)16-2-5-19(6-3-16)32-13-22-23(14-32)26(22)27(33)34/h2-11,21-23,26,35H,12-14H2,1H3,(H,33,34)/t21-,22-,23+,26?/m1/s1. The summed E-state index contributed by atoms with van der Waals surface area (Å²) in [7, 11) is 0. The molecule has 0 amide bonds. The molecule has 2 N–H and O–H groups in total. The molecule has 1 aliphatic carbocycles. The fourth-order valence-corrected chi connectivity index (χ4v) is 5.35. The van der Waals surface area contributed by atoms with Crippen LogP contribution in [0.5, 0.6) is 0 Å². The maximum atomic E-state index is 14.9. The van der Waals surface area contributed by atoms with Crippen LogP contribution in [0.1, 0.15) is 34.7 Å². The Morgan fingerprint density at radius 2 is 1.83 bits per heavy atom. The zero-order valence-electron chi connectivity index (χ0n) is 19.1. The van der Waals surface area contributed by atoms with E-state index in [9.17, 15) is 23.9 Å². The van der Waals surface area contributed by atoms with E-state index >= 15 is 0 Å². The Kier molecular flexibility index (Phi) is 5.96. The fraction of sp³-hybridized carbons (Fsp3) is 0.296. The van der Waals surface area contributed by atoms with Crippen LogP contribution in [-0.2, 0) is 4.79 Å². The molecule has 5 rings (SSSR count). The minimum Gasteiger partial charge on any atom is -0.481 e. The Morgan fingerprint density at radius 3 is 2.43 bits per heavy atom. The van der Waals surface area contributed by atoms with Gasteiger partial charge in [0.05, 0.1) is 11.6 Å².